The SMILES string of the molecule is CCN(c1ccccc1F)c1ccc(Cl)cc1C(N)=NO. The van der Waals surface area contributed by atoms with Crippen molar-refractivity contribution in [1.82, 2.24) is 0 Å². The highest BCUT2D eigenvalue weighted by Gasteiger charge is 2.17. The highest BCUT2D eigenvalue weighted by atomic mass is 35.5. The van der Waals surface area contributed by atoms with Crippen LogP contribution in [-0.2, 0) is 0 Å². The maximum absolute atomic E-state index is 14.0. The number of benzene rings is 2. The van der Waals surface area contributed by atoms with Gasteiger partial charge in [0, 0.05) is 17.1 Å². The lowest BCUT2D eigenvalue weighted by molar-refractivity contribution is 0.318. The molecule has 0 saturated carbocycles. The maximum atomic E-state index is 14.0. The molecule has 0 aliphatic rings. The van der Waals surface area contributed by atoms with Gasteiger partial charge < -0.3 is 15.8 Å². The van der Waals surface area contributed by atoms with Gasteiger partial charge in [-0.05, 0) is 37.3 Å². The summed E-state index contributed by atoms with van der Waals surface area (Å²) < 4.78 is 14.0. The molecule has 0 aliphatic carbocycles. The normalized spacial score (nSPS) is 11.5. The van der Waals surface area contributed by atoms with Gasteiger partial charge in [0.1, 0.15) is 5.82 Å². The lowest BCUT2D eigenvalue weighted by atomic mass is 10.1. The standard InChI is InChI=1S/C15H15ClFN3O/c1-2-20(14-6-4-3-5-12(14)17)13-8-7-10(16)9-11(13)15(18)19-21/h3-9,21H,2H2,1H3,(H2,18,19). The van der Waals surface area contributed by atoms with Crippen LogP contribution in [0.1, 0.15) is 12.5 Å². The monoisotopic (exact) mass is 307 g/mol. The Labute approximate surface area is 127 Å². The molecule has 2 rings (SSSR count). The van der Waals surface area contributed by atoms with E-state index in [1.807, 2.05) is 6.92 Å². The minimum Gasteiger partial charge on any atom is -0.409 e. The average Bonchev–Trinajstić information content (AvgIpc) is 2.50. The zero-order chi connectivity index (χ0) is 15.4. The molecule has 0 atom stereocenters. The second kappa shape index (κ2) is 6.45. The number of nitrogens with two attached hydrogens (primary N) is 1. The maximum Gasteiger partial charge on any atom is 0.172 e. The average molecular weight is 308 g/mol. The number of halogens is 2. The number of amidine groups is 1. The van der Waals surface area contributed by atoms with Gasteiger partial charge in [0.15, 0.2) is 5.84 Å². The molecule has 0 aromatic heterocycles. The molecular formula is C15H15ClFN3O. The van der Waals surface area contributed by atoms with Crippen LogP contribution in [0.5, 0.6) is 0 Å². The molecule has 0 bridgehead atoms. The van der Waals surface area contributed by atoms with Crippen LogP contribution in [0.25, 0.3) is 0 Å². The van der Waals surface area contributed by atoms with Crippen molar-refractivity contribution >= 4 is 28.8 Å². The summed E-state index contributed by atoms with van der Waals surface area (Å²) in [6.45, 7) is 2.39. The number of hydrogen-bond donors (Lipinski definition) is 2. The van der Waals surface area contributed by atoms with Crippen molar-refractivity contribution in [3.8, 4) is 0 Å². The third-order valence-corrected chi connectivity index (χ3v) is 3.33. The third kappa shape index (κ3) is 3.08. The van der Waals surface area contributed by atoms with Crippen molar-refractivity contribution in [2.45, 2.75) is 6.92 Å². The number of hydrogen-bond acceptors (Lipinski definition) is 3. The van der Waals surface area contributed by atoms with Crippen molar-refractivity contribution in [2.75, 3.05) is 11.4 Å². The fourth-order valence-electron chi connectivity index (χ4n) is 2.14. The number of rotatable bonds is 4. The minimum atomic E-state index is -0.347. The molecule has 6 heteroatoms. The number of nitrogens with zero attached hydrogens (tertiary/aromatic N) is 2. The minimum absolute atomic E-state index is 0.0812. The molecule has 110 valence electrons. The Morgan fingerprint density at radius 3 is 2.62 bits per heavy atom. The van der Waals surface area contributed by atoms with Gasteiger partial charge >= 0.3 is 0 Å². The first kappa shape index (κ1) is 15.1. The summed E-state index contributed by atoms with van der Waals surface area (Å²) in [6.07, 6.45) is 0. The molecular weight excluding hydrogens is 293 g/mol. The van der Waals surface area contributed by atoms with E-state index in [9.17, 15) is 4.39 Å². The van der Waals surface area contributed by atoms with Crippen molar-refractivity contribution in [3.05, 3.63) is 58.9 Å². The Morgan fingerprint density at radius 1 is 1.29 bits per heavy atom. The van der Waals surface area contributed by atoms with Gasteiger partial charge in [-0.25, -0.2) is 4.39 Å². The smallest absolute Gasteiger partial charge is 0.172 e. The molecule has 3 N–H and O–H groups in total. The van der Waals surface area contributed by atoms with E-state index in [4.69, 9.17) is 22.5 Å². The fraction of sp³-hybridized carbons (Fsp3) is 0.133. The van der Waals surface area contributed by atoms with Crippen molar-refractivity contribution in [1.29, 1.82) is 0 Å². The van der Waals surface area contributed by atoms with Gasteiger partial charge in [-0.15, -0.1) is 0 Å². The first-order chi connectivity index (χ1) is 10.1. The van der Waals surface area contributed by atoms with Gasteiger partial charge in [0.05, 0.1) is 11.4 Å². The second-order valence-electron chi connectivity index (χ2n) is 4.34. The molecule has 0 saturated heterocycles. The topological polar surface area (TPSA) is 61.8 Å². The Balaban J connectivity index is 2.61. The number of para-hydroxylation sites is 1. The van der Waals surface area contributed by atoms with E-state index in [-0.39, 0.29) is 11.7 Å². The first-order valence-electron chi connectivity index (χ1n) is 6.38. The first-order valence-corrected chi connectivity index (χ1v) is 6.75. The summed E-state index contributed by atoms with van der Waals surface area (Å²) in [5.41, 5.74) is 7.16. The molecule has 0 amide bonds. The van der Waals surface area contributed by atoms with Gasteiger partial charge in [0.2, 0.25) is 0 Å². The van der Waals surface area contributed by atoms with Gasteiger partial charge in [-0.1, -0.05) is 28.9 Å². The molecule has 0 fully saturated rings. The van der Waals surface area contributed by atoms with E-state index in [0.29, 0.717) is 28.5 Å². The Hall–Kier alpha value is -2.27. The summed E-state index contributed by atoms with van der Waals surface area (Å²) in [5.74, 6) is -0.429. The van der Waals surface area contributed by atoms with Crippen LogP contribution in [0.15, 0.2) is 47.6 Å². The van der Waals surface area contributed by atoms with E-state index in [1.165, 1.54) is 6.07 Å². The van der Waals surface area contributed by atoms with E-state index in [1.54, 1.807) is 41.3 Å². The third-order valence-electron chi connectivity index (χ3n) is 3.09. The lowest BCUT2D eigenvalue weighted by Gasteiger charge is -2.26. The zero-order valence-electron chi connectivity index (χ0n) is 11.4. The van der Waals surface area contributed by atoms with Crippen LogP contribution in [-0.4, -0.2) is 17.6 Å². The number of oxime groups is 1. The van der Waals surface area contributed by atoms with Gasteiger partial charge in [-0.3, -0.25) is 0 Å². The predicted molar refractivity (Wildman–Crippen MR) is 83.0 cm³/mol. The number of anilines is 2. The quantitative estimate of drug-likeness (QED) is 0.391. The summed E-state index contributed by atoms with van der Waals surface area (Å²) in [7, 11) is 0. The van der Waals surface area contributed by atoms with Crippen LogP contribution < -0.4 is 10.6 Å². The van der Waals surface area contributed by atoms with Crippen LogP contribution in [0.4, 0.5) is 15.8 Å². The van der Waals surface area contributed by atoms with Crippen molar-refractivity contribution in [3.63, 3.8) is 0 Å². The molecule has 0 heterocycles. The molecule has 0 unspecified atom stereocenters. The predicted octanol–water partition coefficient (Wildman–Crippen LogP) is 3.73. The van der Waals surface area contributed by atoms with E-state index < -0.39 is 0 Å². The molecule has 21 heavy (non-hydrogen) atoms. The van der Waals surface area contributed by atoms with Crippen LogP contribution in [0, 0.1) is 5.82 Å². The highest BCUT2D eigenvalue weighted by Crippen LogP contribution is 2.31. The Morgan fingerprint density at radius 2 is 2.00 bits per heavy atom. The summed E-state index contributed by atoms with van der Waals surface area (Å²) in [6, 6.07) is 11.4. The largest absolute Gasteiger partial charge is 0.409 e. The Kier molecular flexibility index (Phi) is 4.65. The van der Waals surface area contributed by atoms with Gasteiger partial charge in [0.25, 0.3) is 0 Å². The fourth-order valence-corrected chi connectivity index (χ4v) is 2.32. The molecule has 2 aromatic rings. The van der Waals surface area contributed by atoms with Crippen LogP contribution in [0.3, 0.4) is 0 Å². The molecule has 0 aliphatic heterocycles. The van der Waals surface area contributed by atoms with E-state index >= 15 is 0 Å². The van der Waals surface area contributed by atoms with Crippen LogP contribution >= 0.6 is 11.6 Å². The van der Waals surface area contributed by atoms with Crippen molar-refractivity contribution < 1.29 is 9.60 Å². The van der Waals surface area contributed by atoms with Crippen LogP contribution in [0.2, 0.25) is 5.02 Å². The summed E-state index contributed by atoms with van der Waals surface area (Å²) in [4.78, 5) is 1.74. The van der Waals surface area contributed by atoms with E-state index in [0.717, 1.165) is 0 Å². The molecule has 0 spiro atoms. The Bertz CT molecular complexity index is 676. The molecule has 0 radical (unpaired) electrons. The highest BCUT2D eigenvalue weighted by molar-refractivity contribution is 6.31. The molecule has 4 nitrogen and oxygen atoms in total. The van der Waals surface area contributed by atoms with Crippen molar-refractivity contribution in [2.24, 2.45) is 10.9 Å². The second-order valence-corrected chi connectivity index (χ2v) is 4.78. The lowest BCUT2D eigenvalue weighted by Crippen LogP contribution is -2.23. The molecule has 2 aromatic carbocycles. The van der Waals surface area contributed by atoms with E-state index in [2.05, 4.69) is 5.16 Å². The zero-order valence-corrected chi connectivity index (χ0v) is 12.2. The summed E-state index contributed by atoms with van der Waals surface area (Å²) in [5, 5.41) is 12.4. The summed E-state index contributed by atoms with van der Waals surface area (Å²) >= 11 is 5.96. The van der Waals surface area contributed by atoms with Gasteiger partial charge in [-0.2, -0.15) is 0 Å².